The Labute approximate surface area is 119 Å². The number of benzene rings is 1. The number of carbonyl (C=O) groups excluding carboxylic acids is 1. The van der Waals surface area contributed by atoms with Crippen LogP contribution in [0.5, 0.6) is 0 Å². The molecule has 1 aromatic carbocycles. The van der Waals surface area contributed by atoms with E-state index in [2.05, 4.69) is 10.6 Å². The van der Waals surface area contributed by atoms with Crippen LogP contribution in [0.4, 0.5) is 0 Å². The normalized spacial score (nSPS) is 23.5. The molecule has 1 aliphatic heterocycles. The van der Waals surface area contributed by atoms with E-state index in [9.17, 15) is 9.90 Å². The summed E-state index contributed by atoms with van der Waals surface area (Å²) in [4.78, 5) is 12.1. The first-order valence-electron chi connectivity index (χ1n) is 6.94. The van der Waals surface area contributed by atoms with Crippen LogP contribution in [0.25, 0.3) is 0 Å². The predicted octanol–water partition coefficient (Wildman–Crippen LogP) is 0.0831. The third-order valence-electron chi connectivity index (χ3n) is 3.63. The number of amides is 1. The molecule has 3 atom stereocenters. The number of hydrogen-bond donors (Lipinski definition) is 3. The second kappa shape index (κ2) is 7.38. The number of aliphatic hydroxyl groups is 1. The summed E-state index contributed by atoms with van der Waals surface area (Å²) >= 11 is 0. The molecule has 0 spiro atoms. The molecule has 1 saturated heterocycles. The standard InChI is InChI=1S/C15H22N2O3/c1-20-13-8-14(16-9-13)15(19)17-12(10-18)7-11-5-3-2-4-6-11/h2-6,12-14,16,18H,7-10H2,1H3,(H,17,19). The van der Waals surface area contributed by atoms with Gasteiger partial charge in [-0.3, -0.25) is 4.79 Å². The second-order valence-corrected chi connectivity index (χ2v) is 5.13. The van der Waals surface area contributed by atoms with Crippen LogP contribution in [0.3, 0.4) is 0 Å². The molecular weight excluding hydrogens is 256 g/mol. The van der Waals surface area contributed by atoms with Crippen molar-refractivity contribution < 1.29 is 14.6 Å². The monoisotopic (exact) mass is 278 g/mol. The van der Waals surface area contributed by atoms with E-state index in [0.717, 1.165) is 5.56 Å². The van der Waals surface area contributed by atoms with Gasteiger partial charge in [-0.25, -0.2) is 0 Å². The molecule has 2 rings (SSSR count). The fourth-order valence-electron chi connectivity index (χ4n) is 2.44. The fraction of sp³-hybridized carbons (Fsp3) is 0.533. The molecule has 0 aromatic heterocycles. The van der Waals surface area contributed by atoms with Crippen molar-refractivity contribution in [3.63, 3.8) is 0 Å². The minimum absolute atomic E-state index is 0.0684. The molecule has 5 nitrogen and oxygen atoms in total. The summed E-state index contributed by atoms with van der Waals surface area (Å²) in [5.41, 5.74) is 1.10. The maximum atomic E-state index is 12.1. The Kier molecular flexibility index (Phi) is 5.52. The van der Waals surface area contributed by atoms with Crippen LogP contribution in [0, 0.1) is 0 Å². The molecule has 5 heteroatoms. The number of carbonyl (C=O) groups is 1. The maximum Gasteiger partial charge on any atom is 0.237 e. The minimum Gasteiger partial charge on any atom is -0.394 e. The molecule has 1 fully saturated rings. The van der Waals surface area contributed by atoms with E-state index in [1.807, 2.05) is 30.3 Å². The highest BCUT2D eigenvalue weighted by atomic mass is 16.5. The fourth-order valence-corrected chi connectivity index (χ4v) is 2.44. The molecule has 3 unspecified atom stereocenters. The van der Waals surface area contributed by atoms with Gasteiger partial charge in [0.15, 0.2) is 0 Å². The summed E-state index contributed by atoms with van der Waals surface area (Å²) in [6.45, 7) is 0.623. The first-order valence-corrected chi connectivity index (χ1v) is 6.94. The average Bonchev–Trinajstić information content (AvgIpc) is 2.96. The first-order chi connectivity index (χ1) is 9.72. The van der Waals surface area contributed by atoms with Crippen LogP contribution >= 0.6 is 0 Å². The molecular formula is C15H22N2O3. The second-order valence-electron chi connectivity index (χ2n) is 5.13. The minimum atomic E-state index is -0.256. The molecule has 1 aliphatic rings. The van der Waals surface area contributed by atoms with E-state index < -0.39 is 0 Å². The molecule has 1 heterocycles. The van der Waals surface area contributed by atoms with Crippen molar-refractivity contribution in [3.8, 4) is 0 Å². The number of methoxy groups -OCH3 is 1. The molecule has 20 heavy (non-hydrogen) atoms. The quantitative estimate of drug-likeness (QED) is 0.689. The highest BCUT2D eigenvalue weighted by Crippen LogP contribution is 2.10. The van der Waals surface area contributed by atoms with E-state index in [-0.39, 0.29) is 30.7 Å². The van der Waals surface area contributed by atoms with Crippen LogP contribution in [0.1, 0.15) is 12.0 Å². The van der Waals surface area contributed by atoms with Crippen molar-refractivity contribution in [2.24, 2.45) is 0 Å². The summed E-state index contributed by atoms with van der Waals surface area (Å²) < 4.78 is 5.23. The lowest BCUT2D eigenvalue weighted by Gasteiger charge is -2.19. The van der Waals surface area contributed by atoms with Gasteiger partial charge in [-0.05, 0) is 18.4 Å². The molecule has 0 aliphatic carbocycles. The topological polar surface area (TPSA) is 70.6 Å². The number of hydrogen-bond acceptors (Lipinski definition) is 4. The van der Waals surface area contributed by atoms with Gasteiger partial charge in [0.1, 0.15) is 0 Å². The Balaban J connectivity index is 1.85. The summed E-state index contributed by atoms with van der Waals surface area (Å²) in [5, 5.41) is 15.4. The summed E-state index contributed by atoms with van der Waals surface area (Å²) in [5.74, 6) is -0.0699. The van der Waals surface area contributed by atoms with Crippen molar-refractivity contribution in [1.82, 2.24) is 10.6 Å². The lowest BCUT2D eigenvalue weighted by molar-refractivity contribution is -0.124. The summed E-state index contributed by atoms with van der Waals surface area (Å²) in [6.07, 6.45) is 1.39. The van der Waals surface area contributed by atoms with E-state index in [0.29, 0.717) is 19.4 Å². The number of aliphatic hydroxyl groups excluding tert-OH is 1. The summed E-state index contributed by atoms with van der Waals surface area (Å²) in [6, 6.07) is 9.34. The van der Waals surface area contributed by atoms with Gasteiger partial charge >= 0.3 is 0 Å². The van der Waals surface area contributed by atoms with Gasteiger partial charge in [-0.15, -0.1) is 0 Å². The zero-order valence-electron chi connectivity index (χ0n) is 11.7. The Bertz CT molecular complexity index is 424. The van der Waals surface area contributed by atoms with Crippen LogP contribution in [0.15, 0.2) is 30.3 Å². The van der Waals surface area contributed by atoms with Crippen molar-refractivity contribution in [1.29, 1.82) is 0 Å². The lowest BCUT2D eigenvalue weighted by Crippen LogP contribution is -2.47. The number of rotatable bonds is 6. The average molecular weight is 278 g/mol. The third kappa shape index (κ3) is 4.03. The highest BCUT2D eigenvalue weighted by Gasteiger charge is 2.30. The molecule has 1 amide bonds. The molecule has 0 saturated carbocycles. The van der Waals surface area contributed by atoms with Crippen molar-refractivity contribution in [3.05, 3.63) is 35.9 Å². The maximum absolute atomic E-state index is 12.1. The van der Waals surface area contributed by atoms with Gasteiger partial charge in [0, 0.05) is 13.7 Å². The van der Waals surface area contributed by atoms with E-state index in [4.69, 9.17) is 4.74 Å². The van der Waals surface area contributed by atoms with Gasteiger partial charge in [-0.1, -0.05) is 30.3 Å². The summed E-state index contributed by atoms with van der Waals surface area (Å²) in [7, 11) is 1.65. The first kappa shape index (κ1) is 15.0. The van der Waals surface area contributed by atoms with Crippen molar-refractivity contribution >= 4 is 5.91 Å². The van der Waals surface area contributed by atoms with E-state index in [1.54, 1.807) is 7.11 Å². The van der Waals surface area contributed by atoms with Crippen molar-refractivity contribution in [2.75, 3.05) is 20.3 Å². The Hall–Kier alpha value is -1.43. The molecule has 3 N–H and O–H groups in total. The smallest absolute Gasteiger partial charge is 0.237 e. The molecule has 110 valence electrons. The highest BCUT2D eigenvalue weighted by molar-refractivity contribution is 5.82. The van der Waals surface area contributed by atoms with Crippen molar-refractivity contribution in [2.45, 2.75) is 31.0 Å². The van der Waals surface area contributed by atoms with E-state index in [1.165, 1.54) is 0 Å². The molecule has 0 bridgehead atoms. The van der Waals surface area contributed by atoms with Gasteiger partial charge in [0.05, 0.1) is 24.8 Å². The predicted molar refractivity (Wildman–Crippen MR) is 76.4 cm³/mol. The zero-order valence-corrected chi connectivity index (χ0v) is 11.7. The van der Waals surface area contributed by atoms with Crippen LogP contribution in [-0.4, -0.2) is 49.5 Å². The van der Waals surface area contributed by atoms with Crippen LogP contribution in [-0.2, 0) is 16.0 Å². The van der Waals surface area contributed by atoms with Gasteiger partial charge < -0.3 is 20.5 Å². The Morgan fingerprint density at radius 3 is 2.85 bits per heavy atom. The third-order valence-corrected chi connectivity index (χ3v) is 3.63. The van der Waals surface area contributed by atoms with Crippen LogP contribution in [0.2, 0.25) is 0 Å². The SMILES string of the molecule is COC1CNC(C(=O)NC(CO)Cc2ccccc2)C1. The lowest BCUT2D eigenvalue weighted by atomic mass is 10.1. The molecule has 1 aromatic rings. The van der Waals surface area contributed by atoms with Gasteiger partial charge in [-0.2, -0.15) is 0 Å². The van der Waals surface area contributed by atoms with Crippen LogP contribution < -0.4 is 10.6 Å². The van der Waals surface area contributed by atoms with Gasteiger partial charge in [0.2, 0.25) is 5.91 Å². The number of ether oxygens (including phenoxy) is 1. The number of nitrogens with one attached hydrogen (secondary N) is 2. The Morgan fingerprint density at radius 1 is 1.50 bits per heavy atom. The zero-order chi connectivity index (χ0) is 14.4. The Morgan fingerprint density at radius 2 is 2.25 bits per heavy atom. The van der Waals surface area contributed by atoms with Gasteiger partial charge in [0.25, 0.3) is 0 Å². The largest absolute Gasteiger partial charge is 0.394 e. The van der Waals surface area contributed by atoms with E-state index >= 15 is 0 Å². The molecule has 0 radical (unpaired) electrons.